The number of nitrogens with zero attached hydrogens (tertiary/aromatic N) is 1. The van der Waals surface area contributed by atoms with Gasteiger partial charge in [0.25, 0.3) is 0 Å². The van der Waals surface area contributed by atoms with Crippen molar-refractivity contribution >= 4 is 10.8 Å². The summed E-state index contributed by atoms with van der Waals surface area (Å²) in [6.07, 6.45) is 1.64. The fourth-order valence-corrected chi connectivity index (χ4v) is 2.61. The number of nitrogens with one attached hydrogen (secondary N) is 1. The summed E-state index contributed by atoms with van der Waals surface area (Å²) in [5, 5.41) is 12.0. The van der Waals surface area contributed by atoms with Gasteiger partial charge >= 0.3 is 0 Å². The predicted octanol–water partition coefficient (Wildman–Crippen LogP) is 3.29. The van der Waals surface area contributed by atoms with Crippen LogP contribution in [0.4, 0.5) is 4.39 Å². The van der Waals surface area contributed by atoms with Crippen molar-refractivity contribution in [3.63, 3.8) is 0 Å². The minimum atomic E-state index is -0.987. The quantitative estimate of drug-likeness (QED) is 0.921. The Labute approximate surface area is 132 Å². The van der Waals surface area contributed by atoms with Crippen LogP contribution in [-0.2, 0) is 17.3 Å². The second-order valence-electron chi connectivity index (χ2n) is 5.04. The van der Waals surface area contributed by atoms with E-state index in [1.54, 1.807) is 18.4 Å². The summed E-state index contributed by atoms with van der Waals surface area (Å²) in [6.45, 7) is 2.36. The van der Waals surface area contributed by atoms with Crippen molar-refractivity contribution in [1.29, 1.82) is 5.26 Å². The van der Waals surface area contributed by atoms with E-state index in [9.17, 15) is 8.60 Å². The topological polar surface area (TPSA) is 52.9 Å². The van der Waals surface area contributed by atoms with Crippen LogP contribution < -0.4 is 5.32 Å². The van der Waals surface area contributed by atoms with Gasteiger partial charge in [0.15, 0.2) is 0 Å². The molecule has 2 atom stereocenters. The summed E-state index contributed by atoms with van der Waals surface area (Å²) >= 11 is 0. The third kappa shape index (κ3) is 4.00. The van der Waals surface area contributed by atoms with E-state index in [-0.39, 0.29) is 11.9 Å². The van der Waals surface area contributed by atoms with Gasteiger partial charge in [-0.2, -0.15) is 5.26 Å². The summed E-state index contributed by atoms with van der Waals surface area (Å²) in [7, 11) is -0.987. The first kappa shape index (κ1) is 16.3. The molecule has 2 aromatic carbocycles. The third-order valence-corrected chi connectivity index (χ3v) is 4.43. The lowest BCUT2D eigenvalue weighted by atomic mass is 10.1. The van der Waals surface area contributed by atoms with E-state index < -0.39 is 10.8 Å². The Morgan fingerprint density at radius 1 is 1.27 bits per heavy atom. The van der Waals surface area contributed by atoms with E-state index >= 15 is 0 Å². The Morgan fingerprint density at radius 3 is 2.50 bits per heavy atom. The molecule has 1 N–H and O–H groups in total. The van der Waals surface area contributed by atoms with Gasteiger partial charge in [0.2, 0.25) is 0 Å². The summed E-state index contributed by atoms with van der Waals surface area (Å²) < 4.78 is 25.2. The van der Waals surface area contributed by atoms with Crippen LogP contribution in [0.3, 0.4) is 0 Å². The Bertz CT molecular complexity index is 722. The van der Waals surface area contributed by atoms with Crippen LogP contribution in [-0.4, -0.2) is 10.5 Å². The average molecular weight is 316 g/mol. The van der Waals surface area contributed by atoms with Gasteiger partial charge in [0.1, 0.15) is 5.82 Å². The number of halogens is 1. The fraction of sp³-hybridized carbons (Fsp3) is 0.235. The molecule has 2 rings (SSSR count). The highest BCUT2D eigenvalue weighted by Gasteiger charge is 2.08. The minimum Gasteiger partial charge on any atom is -0.306 e. The van der Waals surface area contributed by atoms with Crippen LogP contribution in [0.2, 0.25) is 0 Å². The van der Waals surface area contributed by atoms with Crippen molar-refractivity contribution < 1.29 is 8.60 Å². The van der Waals surface area contributed by atoms with Crippen LogP contribution in [0.25, 0.3) is 0 Å². The number of hydrogen-bond donors (Lipinski definition) is 1. The normalized spacial score (nSPS) is 13.4. The smallest absolute Gasteiger partial charge is 0.129 e. The molecule has 0 fully saturated rings. The molecule has 5 heteroatoms. The van der Waals surface area contributed by atoms with E-state index in [1.165, 1.54) is 6.07 Å². The lowest BCUT2D eigenvalue weighted by Crippen LogP contribution is -2.18. The second-order valence-corrected chi connectivity index (χ2v) is 6.42. The van der Waals surface area contributed by atoms with Crippen molar-refractivity contribution in [3.05, 3.63) is 65.0 Å². The lowest BCUT2D eigenvalue weighted by molar-refractivity contribution is 0.544. The first-order chi connectivity index (χ1) is 10.5. The predicted molar refractivity (Wildman–Crippen MR) is 85.1 cm³/mol. The molecule has 0 bridgehead atoms. The Hall–Kier alpha value is -2.03. The van der Waals surface area contributed by atoms with Crippen LogP contribution in [0.5, 0.6) is 0 Å². The highest BCUT2D eigenvalue weighted by Crippen LogP contribution is 2.16. The van der Waals surface area contributed by atoms with Gasteiger partial charge in [-0.25, -0.2) is 4.39 Å². The zero-order valence-corrected chi connectivity index (χ0v) is 13.3. The maximum absolute atomic E-state index is 13.8. The average Bonchev–Trinajstić information content (AvgIpc) is 2.53. The van der Waals surface area contributed by atoms with Gasteiger partial charge < -0.3 is 5.32 Å². The first-order valence-electron chi connectivity index (χ1n) is 6.86. The molecule has 2 aromatic rings. The largest absolute Gasteiger partial charge is 0.306 e. The standard InChI is InChI=1S/C17H17FN2OS/c1-12(14-5-7-16(8-6-14)22(2)21)20-11-15-4-3-13(10-19)9-17(15)18/h3-9,12,20H,11H2,1-2H3/t12-,22+/m0/s1. The maximum atomic E-state index is 13.8. The fourth-order valence-electron chi connectivity index (χ4n) is 2.09. The van der Waals surface area contributed by atoms with Crippen LogP contribution in [0, 0.1) is 17.1 Å². The van der Waals surface area contributed by atoms with Crippen LogP contribution in [0.1, 0.15) is 29.7 Å². The summed E-state index contributed by atoms with van der Waals surface area (Å²) in [4.78, 5) is 0.786. The Kier molecular flexibility index (Phi) is 5.42. The second kappa shape index (κ2) is 7.30. The molecule has 0 saturated heterocycles. The van der Waals surface area contributed by atoms with E-state index in [1.807, 2.05) is 37.3 Å². The molecule has 3 nitrogen and oxygen atoms in total. The number of hydrogen-bond acceptors (Lipinski definition) is 3. The van der Waals surface area contributed by atoms with E-state index in [4.69, 9.17) is 5.26 Å². The van der Waals surface area contributed by atoms with Crippen molar-refractivity contribution in [1.82, 2.24) is 5.32 Å². The van der Waals surface area contributed by atoms with Gasteiger partial charge in [0, 0.05) is 40.1 Å². The van der Waals surface area contributed by atoms with Gasteiger partial charge in [0.05, 0.1) is 11.6 Å². The zero-order chi connectivity index (χ0) is 16.1. The summed E-state index contributed by atoms with van der Waals surface area (Å²) in [5.41, 5.74) is 1.89. The molecule has 114 valence electrons. The molecule has 0 unspecified atom stereocenters. The number of rotatable bonds is 5. The van der Waals surface area contributed by atoms with Gasteiger partial charge in [-0.1, -0.05) is 18.2 Å². The molecule has 0 aromatic heterocycles. The molecule has 22 heavy (non-hydrogen) atoms. The molecule has 0 amide bonds. The molecular weight excluding hydrogens is 299 g/mol. The van der Waals surface area contributed by atoms with Crippen molar-refractivity contribution in [2.75, 3.05) is 6.26 Å². The maximum Gasteiger partial charge on any atom is 0.129 e. The monoisotopic (exact) mass is 316 g/mol. The Balaban J connectivity index is 2.02. The molecule has 0 spiro atoms. The number of benzene rings is 2. The van der Waals surface area contributed by atoms with Crippen molar-refractivity contribution in [2.45, 2.75) is 24.4 Å². The van der Waals surface area contributed by atoms with Gasteiger partial charge in [-0.05, 0) is 36.8 Å². The van der Waals surface area contributed by atoms with Crippen molar-refractivity contribution in [3.8, 4) is 6.07 Å². The van der Waals surface area contributed by atoms with Gasteiger partial charge in [-0.15, -0.1) is 0 Å². The summed E-state index contributed by atoms with van der Waals surface area (Å²) in [6, 6.07) is 13.9. The molecule has 0 aliphatic carbocycles. The molecule has 0 aliphatic rings. The number of nitriles is 1. The molecule has 0 heterocycles. The highest BCUT2D eigenvalue weighted by molar-refractivity contribution is 7.84. The van der Waals surface area contributed by atoms with Crippen LogP contribution >= 0.6 is 0 Å². The molecule has 0 aliphatic heterocycles. The van der Waals surface area contributed by atoms with E-state index in [0.717, 1.165) is 10.5 Å². The zero-order valence-electron chi connectivity index (χ0n) is 12.5. The van der Waals surface area contributed by atoms with E-state index in [2.05, 4.69) is 5.32 Å². The van der Waals surface area contributed by atoms with E-state index in [0.29, 0.717) is 17.7 Å². The molecule has 0 saturated carbocycles. The third-order valence-electron chi connectivity index (χ3n) is 3.49. The van der Waals surface area contributed by atoms with Crippen LogP contribution in [0.15, 0.2) is 47.4 Å². The first-order valence-corrected chi connectivity index (χ1v) is 8.42. The Morgan fingerprint density at radius 2 is 1.95 bits per heavy atom. The van der Waals surface area contributed by atoms with Gasteiger partial charge in [-0.3, -0.25) is 4.21 Å². The highest BCUT2D eigenvalue weighted by atomic mass is 32.2. The molecule has 0 radical (unpaired) electrons. The lowest BCUT2D eigenvalue weighted by Gasteiger charge is -2.15. The SMILES string of the molecule is C[C@H](NCc1ccc(C#N)cc1F)c1ccc([S@@](C)=O)cc1. The molecular formula is C17H17FN2OS. The summed E-state index contributed by atoms with van der Waals surface area (Å²) in [5.74, 6) is -0.379. The minimum absolute atomic E-state index is 0.0365. The van der Waals surface area contributed by atoms with Crippen molar-refractivity contribution in [2.24, 2.45) is 0 Å².